The Balaban J connectivity index is 2.86. The first kappa shape index (κ1) is 9.88. The summed E-state index contributed by atoms with van der Waals surface area (Å²) in [6, 6.07) is 6.06. The Morgan fingerprint density at radius 2 is 2.08 bits per heavy atom. The number of aryl methyl sites for hydroxylation is 1. The molecule has 0 aliphatic rings. The molecule has 0 aromatic heterocycles. The van der Waals surface area contributed by atoms with E-state index >= 15 is 0 Å². The third-order valence-corrected chi connectivity index (χ3v) is 2.22. The minimum atomic E-state index is 0.144. The first-order valence-corrected chi connectivity index (χ1v) is 4.80. The fourth-order valence-electron chi connectivity index (χ4n) is 1.12. The summed E-state index contributed by atoms with van der Waals surface area (Å²) >= 11 is 11.9. The maximum absolute atomic E-state index is 6.01. The average molecular weight is 203 g/mol. The molecule has 1 rings (SSSR count). The zero-order valence-corrected chi connectivity index (χ0v) is 8.78. The van der Waals surface area contributed by atoms with E-state index in [0.717, 1.165) is 17.0 Å². The molecule has 0 bridgehead atoms. The second-order valence-corrected chi connectivity index (χ2v) is 4.23. The molecule has 0 radical (unpaired) electrons. The van der Waals surface area contributed by atoms with Crippen LogP contribution in [0.15, 0.2) is 18.2 Å². The number of rotatable bonds is 2. The fraction of sp³-hybridized carbons (Fsp3) is 0.400. The predicted octanol–water partition coefficient (Wildman–Crippen LogP) is 3.82. The van der Waals surface area contributed by atoms with Gasteiger partial charge in [-0.25, -0.2) is 0 Å². The maximum Gasteiger partial charge on any atom is 0.0441 e. The van der Waals surface area contributed by atoms with Crippen LogP contribution in [0.2, 0.25) is 5.02 Å². The molecule has 0 nitrogen and oxygen atoms in total. The summed E-state index contributed by atoms with van der Waals surface area (Å²) in [7, 11) is 0. The molecule has 1 unspecified atom stereocenters. The highest BCUT2D eigenvalue weighted by Gasteiger charge is 2.03. The van der Waals surface area contributed by atoms with Crippen molar-refractivity contribution < 1.29 is 0 Å². The van der Waals surface area contributed by atoms with Crippen molar-refractivity contribution in [2.75, 3.05) is 0 Å². The molecule has 2 heteroatoms. The van der Waals surface area contributed by atoms with Crippen LogP contribution in [-0.2, 0) is 6.42 Å². The third kappa shape index (κ3) is 2.69. The molecular formula is C10H12Cl2. The lowest BCUT2D eigenvalue weighted by atomic mass is 10.1. The van der Waals surface area contributed by atoms with E-state index in [0.29, 0.717) is 0 Å². The van der Waals surface area contributed by atoms with Gasteiger partial charge in [0.05, 0.1) is 0 Å². The lowest BCUT2D eigenvalue weighted by Crippen LogP contribution is -1.97. The molecule has 1 aromatic rings. The lowest BCUT2D eigenvalue weighted by Gasteiger charge is -2.06. The second-order valence-electron chi connectivity index (χ2n) is 3.08. The summed E-state index contributed by atoms with van der Waals surface area (Å²) < 4.78 is 0. The Morgan fingerprint density at radius 1 is 1.42 bits per heavy atom. The summed E-state index contributed by atoms with van der Waals surface area (Å²) in [5, 5.41) is 0.965. The minimum Gasteiger partial charge on any atom is -0.123 e. The van der Waals surface area contributed by atoms with Crippen LogP contribution in [0, 0.1) is 6.92 Å². The van der Waals surface area contributed by atoms with Gasteiger partial charge in [-0.05, 0) is 37.5 Å². The molecule has 1 atom stereocenters. The molecule has 0 aliphatic carbocycles. The maximum atomic E-state index is 6.01. The van der Waals surface area contributed by atoms with Gasteiger partial charge in [0.25, 0.3) is 0 Å². The SMILES string of the molecule is Cc1ccc(CC(C)Cl)c(Cl)c1. The van der Waals surface area contributed by atoms with Crippen LogP contribution in [0.3, 0.4) is 0 Å². The molecule has 0 N–H and O–H groups in total. The largest absolute Gasteiger partial charge is 0.123 e. The van der Waals surface area contributed by atoms with Gasteiger partial charge in [-0.1, -0.05) is 23.7 Å². The van der Waals surface area contributed by atoms with Crippen LogP contribution in [-0.4, -0.2) is 5.38 Å². The van der Waals surface area contributed by atoms with Gasteiger partial charge in [-0.15, -0.1) is 11.6 Å². The van der Waals surface area contributed by atoms with Crippen molar-refractivity contribution in [1.82, 2.24) is 0 Å². The van der Waals surface area contributed by atoms with Gasteiger partial charge >= 0.3 is 0 Å². The monoisotopic (exact) mass is 202 g/mol. The zero-order chi connectivity index (χ0) is 9.14. The van der Waals surface area contributed by atoms with Crippen LogP contribution in [0.25, 0.3) is 0 Å². The first-order chi connectivity index (χ1) is 5.59. The van der Waals surface area contributed by atoms with Gasteiger partial charge in [0, 0.05) is 10.4 Å². The van der Waals surface area contributed by atoms with Crippen LogP contribution in [0.4, 0.5) is 0 Å². The molecule has 0 saturated heterocycles. The van der Waals surface area contributed by atoms with E-state index in [9.17, 15) is 0 Å². The highest BCUT2D eigenvalue weighted by molar-refractivity contribution is 6.31. The molecular weight excluding hydrogens is 191 g/mol. The molecule has 0 fully saturated rings. The number of benzene rings is 1. The molecule has 66 valence electrons. The lowest BCUT2D eigenvalue weighted by molar-refractivity contribution is 0.931. The van der Waals surface area contributed by atoms with E-state index in [1.54, 1.807) is 0 Å². The average Bonchev–Trinajstić information content (AvgIpc) is 1.94. The predicted molar refractivity (Wildman–Crippen MR) is 55.2 cm³/mol. The van der Waals surface area contributed by atoms with Gasteiger partial charge in [0.15, 0.2) is 0 Å². The Labute approximate surface area is 83.5 Å². The summed E-state index contributed by atoms with van der Waals surface area (Å²) in [5.41, 5.74) is 2.32. The smallest absolute Gasteiger partial charge is 0.0441 e. The van der Waals surface area contributed by atoms with Crippen molar-refractivity contribution in [3.63, 3.8) is 0 Å². The van der Waals surface area contributed by atoms with E-state index in [2.05, 4.69) is 6.07 Å². The minimum absolute atomic E-state index is 0.144. The first-order valence-electron chi connectivity index (χ1n) is 3.98. The summed E-state index contributed by atoms with van der Waals surface area (Å²) in [4.78, 5) is 0. The molecule has 0 aliphatic heterocycles. The van der Waals surface area contributed by atoms with Gasteiger partial charge in [0.1, 0.15) is 0 Å². The highest BCUT2D eigenvalue weighted by atomic mass is 35.5. The normalized spacial score (nSPS) is 13.0. The van der Waals surface area contributed by atoms with Crippen molar-refractivity contribution in [3.8, 4) is 0 Å². The standard InChI is InChI=1S/C10H12Cl2/c1-7-3-4-9(6-8(2)11)10(12)5-7/h3-5,8H,6H2,1-2H3. The quantitative estimate of drug-likeness (QED) is 0.641. The summed E-state index contributed by atoms with van der Waals surface area (Å²) in [5.74, 6) is 0. The number of hydrogen-bond donors (Lipinski definition) is 0. The van der Waals surface area contributed by atoms with E-state index in [4.69, 9.17) is 23.2 Å². The molecule has 0 heterocycles. The second kappa shape index (κ2) is 4.15. The van der Waals surface area contributed by atoms with E-state index < -0.39 is 0 Å². The molecule has 0 spiro atoms. The van der Waals surface area contributed by atoms with Crippen molar-refractivity contribution >= 4 is 23.2 Å². The zero-order valence-electron chi connectivity index (χ0n) is 7.27. The van der Waals surface area contributed by atoms with Crippen molar-refractivity contribution in [2.24, 2.45) is 0 Å². The van der Waals surface area contributed by atoms with E-state index in [1.165, 1.54) is 5.56 Å². The van der Waals surface area contributed by atoms with E-state index in [-0.39, 0.29) is 5.38 Å². The Morgan fingerprint density at radius 3 is 2.58 bits per heavy atom. The van der Waals surface area contributed by atoms with Gasteiger partial charge in [-0.2, -0.15) is 0 Å². The van der Waals surface area contributed by atoms with Crippen LogP contribution >= 0.6 is 23.2 Å². The van der Waals surface area contributed by atoms with E-state index in [1.807, 2.05) is 26.0 Å². The molecule has 0 amide bonds. The Bertz CT molecular complexity index is 267. The molecule has 0 saturated carbocycles. The Kier molecular flexibility index (Phi) is 3.42. The van der Waals surface area contributed by atoms with Crippen LogP contribution in [0.1, 0.15) is 18.1 Å². The summed E-state index contributed by atoms with van der Waals surface area (Å²) in [6.07, 6.45) is 0.834. The van der Waals surface area contributed by atoms with Gasteiger partial charge in [0.2, 0.25) is 0 Å². The van der Waals surface area contributed by atoms with Crippen molar-refractivity contribution in [2.45, 2.75) is 25.6 Å². The molecule has 12 heavy (non-hydrogen) atoms. The fourth-order valence-corrected chi connectivity index (χ4v) is 1.60. The summed E-state index contributed by atoms with van der Waals surface area (Å²) in [6.45, 7) is 4.00. The molecule has 1 aromatic carbocycles. The van der Waals surface area contributed by atoms with Crippen molar-refractivity contribution in [3.05, 3.63) is 34.3 Å². The van der Waals surface area contributed by atoms with Crippen LogP contribution < -0.4 is 0 Å². The topological polar surface area (TPSA) is 0 Å². The number of alkyl halides is 1. The van der Waals surface area contributed by atoms with Gasteiger partial charge < -0.3 is 0 Å². The third-order valence-electron chi connectivity index (χ3n) is 1.71. The number of hydrogen-bond acceptors (Lipinski definition) is 0. The Hall–Kier alpha value is -0.200. The van der Waals surface area contributed by atoms with Crippen molar-refractivity contribution in [1.29, 1.82) is 0 Å². The number of halogens is 2. The van der Waals surface area contributed by atoms with Gasteiger partial charge in [-0.3, -0.25) is 0 Å². The highest BCUT2D eigenvalue weighted by Crippen LogP contribution is 2.20. The van der Waals surface area contributed by atoms with Crippen LogP contribution in [0.5, 0.6) is 0 Å².